The van der Waals surface area contributed by atoms with Crippen LogP contribution < -0.4 is 5.19 Å². The maximum Gasteiger partial charge on any atom is 0.0811 e. The Labute approximate surface area is 137 Å². The molecule has 0 aliphatic heterocycles. The molecule has 1 aromatic carbocycles. The van der Waals surface area contributed by atoms with Crippen molar-refractivity contribution in [1.29, 1.82) is 0 Å². The lowest BCUT2D eigenvalue weighted by atomic mass is 10.1. The maximum atomic E-state index is 2.42. The fraction of sp³-hybridized carbons (Fsp3) is 0.684. The Hall–Kier alpha value is -0.346. The van der Waals surface area contributed by atoms with Crippen molar-refractivity contribution in [3.05, 3.63) is 29.8 Å². The molecule has 0 bridgehead atoms. The first-order valence-electron chi connectivity index (χ1n) is 8.85. The largest absolute Gasteiger partial charge is 0.0811 e. The Morgan fingerprint density at radius 1 is 0.857 bits per heavy atom. The van der Waals surface area contributed by atoms with Gasteiger partial charge in [-0.05, 0) is 6.04 Å². The van der Waals surface area contributed by atoms with Crippen molar-refractivity contribution >= 4 is 23.5 Å². The van der Waals surface area contributed by atoms with E-state index >= 15 is 0 Å². The van der Waals surface area contributed by atoms with Crippen LogP contribution in [-0.4, -0.2) is 18.3 Å². The fourth-order valence-electron chi connectivity index (χ4n) is 2.71. The Kier molecular flexibility index (Phi) is 10.9. The predicted octanol–water partition coefficient (Wildman–Crippen LogP) is 5.41. The second kappa shape index (κ2) is 12.2. The molecule has 0 aromatic heterocycles. The van der Waals surface area contributed by atoms with Crippen LogP contribution in [0.25, 0.3) is 0 Å². The third-order valence-corrected chi connectivity index (χ3v) is 6.47. The normalized spacial score (nSPS) is 11.2. The third kappa shape index (κ3) is 9.31. The molecule has 0 heterocycles. The smallest absolute Gasteiger partial charge is 0.0710 e. The molecule has 0 aliphatic carbocycles. The summed E-state index contributed by atoms with van der Waals surface area (Å²) in [6.45, 7) is 7.13. The zero-order valence-electron chi connectivity index (χ0n) is 14.4. The van der Waals surface area contributed by atoms with Crippen LogP contribution in [0.1, 0.15) is 63.9 Å². The van der Waals surface area contributed by atoms with Gasteiger partial charge in [-0.3, -0.25) is 0 Å². The van der Waals surface area contributed by atoms with Crippen LogP contribution in [0.3, 0.4) is 0 Å². The summed E-state index contributed by atoms with van der Waals surface area (Å²) in [5, 5.41) is 1.65. The second-order valence-corrected chi connectivity index (χ2v) is 10.6. The van der Waals surface area contributed by atoms with Crippen molar-refractivity contribution in [1.82, 2.24) is 0 Å². The van der Waals surface area contributed by atoms with Crippen molar-refractivity contribution in [2.75, 3.05) is 0 Å². The highest BCUT2D eigenvalue weighted by atomic mass is 28.3. The van der Waals surface area contributed by atoms with Gasteiger partial charge >= 0.3 is 0 Å². The molecular weight excluding hydrogens is 284 g/mol. The minimum Gasteiger partial charge on any atom is -0.0710 e. The van der Waals surface area contributed by atoms with Gasteiger partial charge in [0.2, 0.25) is 0 Å². The highest BCUT2D eigenvalue weighted by Crippen LogP contribution is 2.10. The standard InChI is InChI=1S/C19H33Si2/c1-4-5-6-7-8-9-10-13-16-20-19-15-12-11-14-18(19)17-21(2)3/h11-12,14-15H,4-10,13,16-17H2,1-3H3. The monoisotopic (exact) mass is 317 g/mol. The van der Waals surface area contributed by atoms with Crippen LogP contribution in [0, 0.1) is 0 Å². The molecule has 0 unspecified atom stereocenters. The second-order valence-electron chi connectivity index (χ2n) is 6.44. The molecule has 2 heteroatoms. The number of rotatable bonds is 12. The quantitative estimate of drug-likeness (QED) is 0.357. The van der Waals surface area contributed by atoms with E-state index in [1.807, 2.05) is 0 Å². The molecule has 0 atom stereocenters. The fourth-order valence-corrected chi connectivity index (χ4v) is 5.27. The van der Waals surface area contributed by atoms with E-state index < -0.39 is 0 Å². The highest BCUT2D eigenvalue weighted by Gasteiger charge is 2.05. The van der Waals surface area contributed by atoms with Crippen molar-refractivity contribution in [3.63, 3.8) is 0 Å². The number of hydrogen-bond donors (Lipinski definition) is 0. The van der Waals surface area contributed by atoms with Crippen LogP contribution in [0.4, 0.5) is 0 Å². The van der Waals surface area contributed by atoms with Crippen LogP contribution in [-0.2, 0) is 6.04 Å². The minimum absolute atomic E-state index is 0.154. The average molecular weight is 318 g/mol. The Morgan fingerprint density at radius 3 is 2.14 bits per heavy atom. The molecule has 0 fully saturated rings. The summed E-state index contributed by atoms with van der Waals surface area (Å²) < 4.78 is 0. The minimum atomic E-state index is -0.154. The summed E-state index contributed by atoms with van der Waals surface area (Å²) in [7, 11) is 0.877. The van der Waals surface area contributed by atoms with Crippen molar-refractivity contribution in [2.45, 2.75) is 83.5 Å². The number of hydrogen-bond acceptors (Lipinski definition) is 0. The molecule has 0 N–H and O–H groups in total. The molecule has 0 amide bonds. The predicted molar refractivity (Wildman–Crippen MR) is 100 cm³/mol. The molecule has 0 aliphatic rings. The van der Waals surface area contributed by atoms with Gasteiger partial charge in [-0.15, -0.1) is 0 Å². The van der Waals surface area contributed by atoms with E-state index in [9.17, 15) is 0 Å². The van der Waals surface area contributed by atoms with Gasteiger partial charge in [-0.1, -0.05) is 112 Å². The van der Waals surface area contributed by atoms with Gasteiger partial charge in [0.15, 0.2) is 0 Å². The van der Waals surface area contributed by atoms with E-state index in [0.29, 0.717) is 0 Å². The number of unbranched alkanes of at least 4 members (excludes halogenated alkanes) is 7. The van der Waals surface area contributed by atoms with Gasteiger partial charge < -0.3 is 0 Å². The van der Waals surface area contributed by atoms with Crippen LogP contribution in [0.5, 0.6) is 0 Å². The average Bonchev–Trinajstić information content (AvgIpc) is 2.46. The molecular formula is C19H33Si2. The Balaban J connectivity index is 2.12. The lowest BCUT2D eigenvalue weighted by molar-refractivity contribution is 0.585. The first kappa shape index (κ1) is 18.7. The third-order valence-electron chi connectivity index (χ3n) is 3.91. The SMILES string of the molecule is CCCCCCCCCC[Si]c1ccccc1C[Si](C)C. The summed E-state index contributed by atoms with van der Waals surface area (Å²) in [4.78, 5) is 0. The van der Waals surface area contributed by atoms with E-state index in [0.717, 1.165) is 9.52 Å². The first-order valence-corrected chi connectivity index (χ1v) is 12.8. The van der Waals surface area contributed by atoms with Gasteiger partial charge in [0.1, 0.15) is 0 Å². The van der Waals surface area contributed by atoms with Gasteiger partial charge in [0, 0.05) is 8.80 Å². The van der Waals surface area contributed by atoms with Gasteiger partial charge in [-0.25, -0.2) is 0 Å². The van der Waals surface area contributed by atoms with E-state index in [2.05, 4.69) is 44.3 Å². The lowest BCUT2D eigenvalue weighted by Gasteiger charge is -2.10. The summed E-state index contributed by atoms with van der Waals surface area (Å²) in [5.74, 6) is 0. The van der Waals surface area contributed by atoms with Gasteiger partial charge in [0.05, 0.1) is 9.52 Å². The van der Waals surface area contributed by atoms with Crippen molar-refractivity contribution in [3.8, 4) is 0 Å². The summed E-state index contributed by atoms with van der Waals surface area (Å²) in [6.07, 6.45) is 11.5. The molecule has 117 valence electrons. The topological polar surface area (TPSA) is 0 Å². The van der Waals surface area contributed by atoms with E-state index in [-0.39, 0.29) is 8.80 Å². The number of benzene rings is 1. The summed E-state index contributed by atoms with van der Waals surface area (Å²) >= 11 is 0. The van der Waals surface area contributed by atoms with Crippen LogP contribution in [0.15, 0.2) is 24.3 Å². The summed E-state index contributed by atoms with van der Waals surface area (Å²) in [5.41, 5.74) is 1.63. The van der Waals surface area contributed by atoms with Crippen molar-refractivity contribution < 1.29 is 0 Å². The highest BCUT2D eigenvalue weighted by molar-refractivity contribution is 6.57. The summed E-state index contributed by atoms with van der Waals surface area (Å²) in [6, 6.07) is 11.9. The first-order chi connectivity index (χ1) is 10.2. The molecule has 21 heavy (non-hydrogen) atoms. The lowest BCUT2D eigenvalue weighted by Crippen LogP contribution is -2.22. The molecule has 3 radical (unpaired) electrons. The van der Waals surface area contributed by atoms with E-state index in [1.54, 1.807) is 10.8 Å². The van der Waals surface area contributed by atoms with Crippen molar-refractivity contribution in [2.24, 2.45) is 0 Å². The Bertz CT molecular complexity index is 360. The van der Waals surface area contributed by atoms with E-state index in [4.69, 9.17) is 0 Å². The molecule has 0 spiro atoms. The molecule has 0 saturated heterocycles. The van der Waals surface area contributed by atoms with Gasteiger partial charge in [0.25, 0.3) is 0 Å². The molecule has 1 aromatic rings. The zero-order valence-corrected chi connectivity index (χ0v) is 16.4. The van der Waals surface area contributed by atoms with E-state index in [1.165, 1.54) is 63.5 Å². The van der Waals surface area contributed by atoms with Crippen LogP contribution in [0.2, 0.25) is 19.1 Å². The van der Waals surface area contributed by atoms with Crippen LogP contribution >= 0.6 is 0 Å². The zero-order chi connectivity index (χ0) is 15.3. The molecule has 0 nitrogen and oxygen atoms in total. The molecule has 0 saturated carbocycles. The molecule has 1 rings (SSSR count). The van der Waals surface area contributed by atoms with Gasteiger partial charge in [-0.2, -0.15) is 0 Å². The maximum absolute atomic E-state index is 2.42. The Morgan fingerprint density at radius 2 is 1.48 bits per heavy atom.